The molecule has 128 valence electrons. The zero-order chi connectivity index (χ0) is 17.1. The van der Waals surface area contributed by atoms with Crippen LogP contribution >= 0.6 is 0 Å². The molecule has 1 unspecified atom stereocenters. The lowest BCUT2D eigenvalue weighted by Gasteiger charge is -2.35. The molecule has 1 aromatic rings. The molecule has 2 heterocycles. The number of carbonyl (C=O) groups excluding carboxylic acids is 2. The van der Waals surface area contributed by atoms with E-state index in [1.54, 1.807) is 6.92 Å². The second kappa shape index (κ2) is 7.30. The first-order chi connectivity index (χ1) is 10.9. The summed E-state index contributed by atoms with van der Waals surface area (Å²) >= 11 is 0. The lowest BCUT2D eigenvalue weighted by Crippen LogP contribution is -2.44. The average Bonchev–Trinajstić information content (AvgIpc) is 2.85. The van der Waals surface area contributed by atoms with Crippen LogP contribution in [-0.2, 0) is 0 Å². The topological polar surface area (TPSA) is 73.4 Å². The Balaban J connectivity index is 2.42. The van der Waals surface area contributed by atoms with E-state index in [4.69, 9.17) is 0 Å². The minimum absolute atomic E-state index is 0.00736. The molecule has 1 aliphatic heterocycles. The predicted molar refractivity (Wildman–Crippen MR) is 90.0 cm³/mol. The zero-order valence-electron chi connectivity index (χ0n) is 14.6. The van der Waals surface area contributed by atoms with Crippen molar-refractivity contribution >= 4 is 11.7 Å². The Morgan fingerprint density at radius 3 is 2.61 bits per heavy atom. The summed E-state index contributed by atoms with van der Waals surface area (Å²) in [6.45, 7) is 8.22. The highest BCUT2D eigenvalue weighted by Gasteiger charge is 2.32. The number of Topliss-reactive ketones (excluding diaryl/α,β-unsaturated/α-hetero) is 1. The number of aliphatic hydroxyl groups excluding tert-OH is 1. The van der Waals surface area contributed by atoms with E-state index in [-0.39, 0.29) is 30.3 Å². The van der Waals surface area contributed by atoms with Crippen LogP contribution in [0, 0.1) is 6.92 Å². The maximum absolute atomic E-state index is 13.1. The molecular weight excluding hydrogens is 292 g/mol. The Morgan fingerprint density at radius 2 is 2.04 bits per heavy atom. The molecule has 5 nitrogen and oxygen atoms in total. The van der Waals surface area contributed by atoms with E-state index in [0.717, 1.165) is 30.5 Å². The fourth-order valence-corrected chi connectivity index (χ4v) is 3.70. The monoisotopic (exact) mass is 320 g/mol. The Kier molecular flexibility index (Phi) is 5.63. The van der Waals surface area contributed by atoms with E-state index >= 15 is 0 Å². The summed E-state index contributed by atoms with van der Waals surface area (Å²) in [5.41, 5.74) is 2.79. The van der Waals surface area contributed by atoms with Crippen molar-refractivity contribution in [1.82, 2.24) is 9.88 Å². The molecule has 2 rings (SSSR count). The molecule has 5 heteroatoms. The van der Waals surface area contributed by atoms with Gasteiger partial charge in [-0.2, -0.15) is 0 Å². The van der Waals surface area contributed by atoms with Gasteiger partial charge in [-0.3, -0.25) is 9.59 Å². The number of ketones is 1. The van der Waals surface area contributed by atoms with Crippen molar-refractivity contribution in [3.05, 3.63) is 22.5 Å². The van der Waals surface area contributed by atoms with Gasteiger partial charge >= 0.3 is 0 Å². The summed E-state index contributed by atoms with van der Waals surface area (Å²) in [5, 5.41) is 9.26. The molecular formula is C18H28N2O3. The summed E-state index contributed by atoms with van der Waals surface area (Å²) < 4.78 is 0. The smallest absolute Gasteiger partial charge is 0.270 e. The van der Waals surface area contributed by atoms with Crippen LogP contribution in [0.2, 0.25) is 0 Å². The van der Waals surface area contributed by atoms with Crippen LogP contribution in [-0.4, -0.2) is 45.9 Å². The number of aryl methyl sites for hydroxylation is 1. The minimum Gasteiger partial charge on any atom is -0.396 e. The number of carbonyl (C=O) groups is 2. The van der Waals surface area contributed by atoms with E-state index in [9.17, 15) is 14.7 Å². The second-order valence-electron chi connectivity index (χ2n) is 6.78. The SMILES string of the molecule is CC(=O)c1c(C)[nH]c(C(=O)N2CCCCC2CCO)c1C(C)C. The van der Waals surface area contributed by atoms with Gasteiger partial charge < -0.3 is 15.0 Å². The fraction of sp³-hybridized carbons (Fsp3) is 0.667. The molecule has 23 heavy (non-hydrogen) atoms. The Labute approximate surface area is 138 Å². The number of likely N-dealkylation sites (tertiary alicyclic amines) is 1. The van der Waals surface area contributed by atoms with Gasteiger partial charge in [-0.25, -0.2) is 0 Å². The van der Waals surface area contributed by atoms with Crippen molar-refractivity contribution in [1.29, 1.82) is 0 Å². The first-order valence-corrected chi connectivity index (χ1v) is 8.53. The molecule has 1 amide bonds. The van der Waals surface area contributed by atoms with E-state index in [2.05, 4.69) is 4.98 Å². The molecule has 0 bridgehead atoms. The lowest BCUT2D eigenvalue weighted by atomic mass is 9.94. The third-order valence-electron chi connectivity index (χ3n) is 4.72. The summed E-state index contributed by atoms with van der Waals surface area (Å²) in [6.07, 6.45) is 3.63. The normalized spacial score (nSPS) is 18.5. The Bertz CT molecular complexity index is 587. The van der Waals surface area contributed by atoms with E-state index < -0.39 is 0 Å². The number of piperidine rings is 1. The molecule has 1 saturated heterocycles. The average molecular weight is 320 g/mol. The number of hydrogen-bond donors (Lipinski definition) is 2. The third kappa shape index (κ3) is 3.50. The molecule has 0 radical (unpaired) electrons. The van der Waals surface area contributed by atoms with Gasteiger partial charge in [-0.1, -0.05) is 13.8 Å². The number of rotatable bonds is 5. The number of nitrogens with one attached hydrogen (secondary N) is 1. The van der Waals surface area contributed by atoms with Gasteiger partial charge in [0.1, 0.15) is 5.69 Å². The van der Waals surface area contributed by atoms with Crippen molar-refractivity contribution in [2.45, 2.75) is 65.3 Å². The Hall–Kier alpha value is -1.62. The van der Waals surface area contributed by atoms with Crippen LogP contribution < -0.4 is 0 Å². The maximum Gasteiger partial charge on any atom is 0.270 e. The molecule has 0 aromatic carbocycles. The first-order valence-electron chi connectivity index (χ1n) is 8.53. The molecule has 1 atom stereocenters. The van der Waals surface area contributed by atoms with Crippen molar-refractivity contribution < 1.29 is 14.7 Å². The maximum atomic E-state index is 13.1. The summed E-state index contributed by atoms with van der Waals surface area (Å²) in [7, 11) is 0. The molecule has 1 aliphatic rings. The highest BCUT2D eigenvalue weighted by atomic mass is 16.3. The highest BCUT2D eigenvalue weighted by Crippen LogP contribution is 2.30. The van der Waals surface area contributed by atoms with Gasteiger partial charge in [0.05, 0.1) is 0 Å². The van der Waals surface area contributed by atoms with Crippen LogP contribution in [0.4, 0.5) is 0 Å². The van der Waals surface area contributed by atoms with Crippen molar-refractivity contribution in [2.24, 2.45) is 0 Å². The van der Waals surface area contributed by atoms with Gasteiger partial charge in [0, 0.05) is 30.5 Å². The number of aromatic nitrogens is 1. The molecule has 0 aliphatic carbocycles. The van der Waals surface area contributed by atoms with E-state index in [0.29, 0.717) is 24.2 Å². The standard InChI is InChI=1S/C18H28N2O3/c1-11(2)15-16(13(4)22)12(3)19-17(15)18(23)20-9-6-5-7-14(20)8-10-21/h11,14,19,21H,5-10H2,1-4H3. The molecule has 0 saturated carbocycles. The van der Waals surface area contributed by atoms with Gasteiger partial charge in [0.25, 0.3) is 5.91 Å². The lowest BCUT2D eigenvalue weighted by molar-refractivity contribution is 0.0567. The van der Waals surface area contributed by atoms with E-state index in [1.807, 2.05) is 25.7 Å². The fourth-order valence-electron chi connectivity index (χ4n) is 3.70. The van der Waals surface area contributed by atoms with Crippen molar-refractivity contribution in [2.75, 3.05) is 13.2 Å². The molecule has 0 spiro atoms. The van der Waals surface area contributed by atoms with Gasteiger partial charge in [-0.15, -0.1) is 0 Å². The molecule has 1 fully saturated rings. The quantitative estimate of drug-likeness (QED) is 0.819. The predicted octanol–water partition coefficient (Wildman–Crippen LogP) is 3.03. The number of nitrogens with zero attached hydrogens (tertiary/aromatic N) is 1. The largest absolute Gasteiger partial charge is 0.396 e. The Morgan fingerprint density at radius 1 is 1.35 bits per heavy atom. The highest BCUT2D eigenvalue weighted by molar-refractivity contribution is 6.03. The van der Waals surface area contributed by atoms with E-state index in [1.165, 1.54) is 0 Å². The van der Waals surface area contributed by atoms with Crippen LogP contribution in [0.1, 0.15) is 84.5 Å². The van der Waals surface area contributed by atoms with Crippen LogP contribution in [0.25, 0.3) is 0 Å². The van der Waals surface area contributed by atoms with Crippen LogP contribution in [0.5, 0.6) is 0 Å². The van der Waals surface area contributed by atoms with Gasteiger partial charge in [0.15, 0.2) is 5.78 Å². The number of H-pyrrole nitrogens is 1. The summed E-state index contributed by atoms with van der Waals surface area (Å²) in [5.74, 6) is 0.0494. The second-order valence-corrected chi connectivity index (χ2v) is 6.78. The third-order valence-corrected chi connectivity index (χ3v) is 4.72. The number of aromatic amines is 1. The zero-order valence-corrected chi connectivity index (χ0v) is 14.6. The van der Waals surface area contributed by atoms with Crippen molar-refractivity contribution in [3.63, 3.8) is 0 Å². The number of amides is 1. The van der Waals surface area contributed by atoms with Crippen molar-refractivity contribution in [3.8, 4) is 0 Å². The summed E-state index contributed by atoms with van der Waals surface area (Å²) in [6, 6.07) is 0.0886. The number of hydrogen-bond acceptors (Lipinski definition) is 3. The molecule has 1 aromatic heterocycles. The summed E-state index contributed by atoms with van der Waals surface area (Å²) in [4.78, 5) is 30.1. The first kappa shape index (κ1) is 17.7. The minimum atomic E-state index is -0.0394. The van der Waals surface area contributed by atoms with Crippen LogP contribution in [0.15, 0.2) is 0 Å². The van der Waals surface area contributed by atoms with Crippen LogP contribution in [0.3, 0.4) is 0 Å². The van der Waals surface area contributed by atoms with Gasteiger partial charge in [-0.05, 0) is 51.0 Å². The number of aliphatic hydroxyl groups is 1. The molecule has 2 N–H and O–H groups in total. The van der Waals surface area contributed by atoms with Gasteiger partial charge in [0.2, 0.25) is 0 Å².